The van der Waals surface area contributed by atoms with Crippen molar-refractivity contribution < 1.29 is 4.79 Å². The molecule has 0 saturated carbocycles. The summed E-state index contributed by atoms with van der Waals surface area (Å²) in [4.78, 5) is 21.2. The zero-order valence-electron chi connectivity index (χ0n) is 14.5. The van der Waals surface area contributed by atoms with Crippen molar-refractivity contribution in [2.75, 3.05) is 17.2 Å². The molecule has 0 aliphatic rings. The summed E-state index contributed by atoms with van der Waals surface area (Å²) in [7, 11) is 0. The highest BCUT2D eigenvalue weighted by molar-refractivity contribution is 6.34. The quantitative estimate of drug-likeness (QED) is 0.755. The number of benzene rings is 1. The first-order valence-corrected chi connectivity index (χ1v) is 8.46. The smallest absolute Gasteiger partial charge is 0.274 e. The molecule has 0 spiro atoms. The van der Waals surface area contributed by atoms with Crippen molar-refractivity contribution in [2.24, 2.45) is 0 Å². The van der Waals surface area contributed by atoms with E-state index in [1.807, 2.05) is 32.9 Å². The Balaban J connectivity index is 2.21. The first-order chi connectivity index (χ1) is 11.4. The lowest BCUT2D eigenvalue weighted by Crippen LogP contribution is -2.17. The number of rotatable bonds is 6. The Kier molecular flexibility index (Phi) is 6.15. The van der Waals surface area contributed by atoms with Crippen molar-refractivity contribution in [1.82, 2.24) is 9.97 Å². The van der Waals surface area contributed by atoms with Gasteiger partial charge in [0.2, 0.25) is 5.95 Å². The molecule has 0 saturated heterocycles. The summed E-state index contributed by atoms with van der Waals surface area (Å²) in [6.45, 7) is 8.62. The molecule has 1 heterocycles. The number of carbonyl (C=O) groups excluding carboxylic acids is 1. The fourth-order valence-corrected chi connectivity index (χ4v) is 2.76. The van der Waals surface area contributed by atoms with E-state index in [9.17, 15) is 4.79 Å². The number of halogens is 1. The fraction of sp³-hybridized carbons (Fsp3) is 0.389. The summed E-state index contributed by atoms with van der Waals surface area (Å²) in [5.41, 5.74) is 3.64. The molecule has 1 amide bonds. The first kappa shape index (κ1) is 18.2. The van der Waals surface area contributed by atoms with E-state index in [4.69, 9.17) is 11.6 Å². The van der Waals surface area contributed by atoms with Crippen molar-refractivity contribution in [2.45, 2.75) is 40.5 Å². The number of hydrogen-bond acceptors (Lipinski definition) is 4. The lowest BCUT2D eigenvalue weighted by Gasteiger charge is -2.12. The molecule has 0 bridgehead atoms. The number of nitrogens with zero attached hydrogens (tertiary/aromatic N) is 2. The molecule has 0 aliphatic carbocycles. The maximum absolute atomic E-state index is 12.6. The van der Waals surface area contributed by atoms with E-state index < -0.39 is 0 Å². The summed E-state index contributed by atoms with van der Waals surface area (Å²) in [5.74, 6) is 0.174. The minimum Gasteiger partial charge on any atom is -0.354 e. The van der Waals surface area contributed by atoms with E-state index >= 15 is 0 Å². The van der Waals surface area contributed by atoms with Gasteiger partial charge in [-0.05, 0) is 50.5 Å². The van der Waals surface area contributed by atoms with E-state index in [0.717, 1.165) is 36.2 Å². The fourth-order valence-electron chi connectivity index (χ4n) is 2.39. The van der Waals surface area contributed by atoms with Gasteiger partial charge in [0.1, 0.15) is 5.69 Å². The lowest BCUT2D eigenvalue weighted by atomic mass is 10.1. The SMILES string of the molecule is CCCCNc1nc(C)cc(C(=O)Nc2c(C)cc(C)cc2Cl)n1. The average molecular weight is 347 g/mol. The Hall–Kier alpha value is -2.14. The summed E-state index contributed by atoms with van der Waals surface area (Å²) < 4.78 is 0. The van der Waals surface area contributed by atoms with Gasteiger partial charge in [-0.2, -0.15) is 0 Å². The van der Waals surface area contributed by atoms with Crippen molar-refractivity contribution >= 4 is 29.1 Å². The second kappa shape index (κ2) is 8.11. The highest BCUT2D eigenvalue weighted by Crippen LogP contribution is 2.27. The largest absolute Gasteiger partial charge is 0.354 e. The highest BCUT2D eigenvalue weighted by atomic mass is 35.5. The number of carbonyl (C=O) groups is 1. The van der Waals surface area contributed by atoms with Crippen LogP contribution in [0.1, 0.15) is 47.1 Å². The summed E-state index contributed by atoms with van der Waals surface area (Å²) in [6, 6.07) is 5.47. The molecule has 2 aromatic rings. The van der Waals surface area contributed by atoms with Crippen LogP contribution in [0.3, 0.4) is 0 Å². The average Bonchev–Trinajstić information content (AvgIpc) is 2.50. The van der Waals surface area contributed by atoms with Crippen LogP contribution in [-0.4, -0.2) is 22.4 Å². The van der Waals surface area contributed by atoms with Gasteiger partial charge in [0.05, 0.1) is 10.7 Å². The van der Waals surface area contributed by atoms with Crippen LogP contribution >= 0.6 is 11.6 Å². The monoisotopic (exact) mass is 346 g/mol. The normalized spacial score (nSPS) is 10.5. The van der Waals surface area contributed by atoms with Gasteiger partial charge in [0.25, 0.3) is 5.91 Å². The zero-order valence-corrected chi connectivity index (χ0v) is 15.3. The van der Waals surface area contributed by atoms with E-state index in [0.29, 0.717) is 22.4 Å². The van der Waals surface area contributed by atoms with Crippen LogP contribution in [0.2, 0.25) is 5.02 Å². The van der Waals surface area contributed by atoms with Crippen LogP contribution in [0.25, 0.3) is 0 Å². The molecule has 128 valence electrons. The third-order valence-corrected chi connectivity index (χ3v) is 3.87. The topological polar surface area (TPSA) is 66.9 Å². The number of nitrogens with one attached hydrogen (secondary N) is 2. The maximum atomic E-state index is 12.6. The molecular weight excluding hydrogens is 324 g/mol. The Morgan fingerprint density at radius 3 is 2.58 bits per heavy atom. The molecule has 1 aromatic heterocycles. The molecule has 6 heteroatoms. The van der Waals surface area contributed by atoms with E-state index in [1.165, 1.54) is 0 Å². The van der Waals surface area contributed by atoms with Crippen molar-refractivity contribution in [3.05, 3.63) is 45.7 Å². The molecule has 0 fully saturated rings. The van der Waals surface area contributed by atoms with E-state index in [-0.39, 0.29) is 5.91 Å². The number of unbranched alkanes of at least 4 members (excludes halogenated alkanes) is 1. The van der Waals surface area contributed by atoms with Gasteiger partial charge in [0.15, 0.2) is 0 Å². The first-order valence-electron chi connectivity index (χ1n) is 8.08. The Labute approximate surface area is 147 Å². The third kappa shape index (κ3) is 4.68. The van der Waals surface area contributed by atoms with Gasteiger partial charge < -0.3 is 10.6 Å². The molecule has 0 atom stereocenters. The molecule has 24 heavy (non-hydrogen) atoms. The van der Waals surface area contributed by atoms with Crippen LogP contribution < -0.4 is 10.6 Å². The van der Waals surface area contributed by atoms with Gasteiger partial charge in [-0.25, -0.2) is 9.97 Å². The number of aryl methyl sites for hydroxylation is 3. The van der Waals surface area contributed by atoms with Gasteiger partial charge in [0, 0.05) is 12.2 Å². The number of anilines is 2. The van der Waals surface area contributed by atoms with Crippen LogP contribution in [0.15, 0.2) is 18.2 Å². The second-order valence-electron chi connectivity index (χ2n) is 5.89. The Bertz CT molecular complexity index is 723. The predicted molar refractivity (Wildman–Crippen MR) is 99.0 cm³/mol. The van der Waals surface area contributed by atoms with Crippen molar-refractivity contribution in [3.63, 3.8) is 0 Å². The van der Waals surface area contributed by atoms with Crippen LogP contribution in [0, 0.1) is 20.8 Å². The van der Waals surface area contributed by atoms with Crippen molar-refractivity contribution in [1.29, 1.82) is 0 Å². The van der Waals surface area contributed by atoms with Crippen LogP contribution in [-0.2, 0) is 0 Å². The highest BCUT2D eigenvalue weighted by Gasteiger charge is 2.14. The minimum absolute atomic E-state index is 0.298. The second-order valence-corrected chi connectivity index (χ2v) is 6.30. The summed E-state index contributed by atoms with van der Waals surface area (Å²) >= 11 is 6.25. The molecule has 2 rings (SSSR count). The molecule has 0 unspecified atom stereocenters. The molecular formula is C18H23ClN4O. The zero-order chi connectivity index (χ0) is 17.7. The summed E-state index contributed by atoms with van der Waals surface area (Å²) in [6.07, 6.45) is 2.11. The minimum atomic E-state index is -0.298. The standard InChI is InChI=1S/C18H23ClN4O/c1-5-6-7-20-18-21-13(4)10-15(22-18)17(24)23-16-12(3)8-11(2)9-14(16)19/h8-10H,5-7H2,1-4H3,(H,23,24)(H,20,21,22). The Morgan fingerprint density at radius 2 is 1.92 bits per heavy atom. The maximum Gasteiger partial charge on any atom is 0.274 e. The molecule has 1 aromatic carbocycles. The van der Waals surface area contributed by atoms with E-state index in [1.54, 1.807) is 6.07 Å². The van der Waals surface area contributed by atoms with Gasteiger partial charge in [-0.3, -0.25) is 4.79 Å². The molecule has 5 nitrogen and oxygen atoms in total. The number of hydrogen-bond donors (Lipinski definition) is 2. The van der Waals surface area contributed by atoms with Crippen LogP contribution in [0.5, 0.6) is 0 Å². The summed E-state index contributed by atoms with van der Waals surface area (Å²) in [5, 5.41) is 6.52. The number of amides is 1. The number of aromatic nitrogens is 2. The lowest BCUT2D eigenvalue weighted by molar-refractivity contribution is 0.102. The van der Waals surface area contributed by atoms with Gasteiger partial charge in [-0.15, -0.1) is 0 Å². The van der Waals surface area contributed by atoms with Crippen LogP contribution in [0.4, 0.5) is 11.6 Å². The molecule has 2 N–H and O–H groups in total. The predicted octanol–water partition coefficient (Wildman–Crippen LogP) is 4.52. The van der Waals surface area contributed by atoms with Crippen molar-refractivity contribution in [3.8, 4) is 0 Å². The van der Waals surface area contributed by atoms with Gasteiger partial charge >= 0.3 is 0 Å². The Morgan fingerprint density at radius 1 is 1.17 bits per heavy atom. The molecule has 0 aliphatic heterocycles. The molecule has 0 radical (unpaired) electrons. The van der Waals surface area contributed by atoms with E-state index in [2.05, 4.69) is 27.5 Å². The van der Waals surface area contributed by atoms with Gasteiger partial charge in [-0.1, -0.05) is 31.0 Å². The third-order valence-electron chi connectivity index (χ3n) is 3.57.